The summed E-state index contributed by atoms with van der Waals surface area (Å²) in [6.07, 6.45) is 3.00. The van der Waals surface area contributed by atoms with Gasteiger partial charge in [0.25, 0.3) is 0 Å². The van der Waals surface area contributed by atoms with Crippen molar-refractivity contribution < 1.29 is 19.1 Å². The zero-order valence-electron chi connectivity index (χ0n) is 13.9. The lowest BCUT2D eigenvalue weighted by Crippen LogP contribution is -2.46. The Bertz CT molecular complexity index is 732. The largest absolute Gasteiger partial charge is 0.496 e. The smallest absolute Gasteiger partial charge is 0.410 e. The van der Waals surface area contributed by atoms with Crippen molar-refractivity contribution in [3.8, 4) is 5.75 Å². The van der Waals surface area contributed by atoms with Crippen molar-refractivity contribution in [1.82, 2.24) is 20.0 Å². The van der Waals surface area contributed by atoms with E-state index in [4.69, 9.17) is 9.47 Å². The summed E-state index contributed by atoms with van der Waals surface area (Å²) >= 11 is 0. The molecule has 1 N–H and O–H groups in total. The molecule has 1 aromatic carbocycles. The molecule has 2 aromatic rings. The van der Waals surface area contributed by atoms with Crippen molar-refractivity contribution in [1.29, 1.82) is 0 Å². The van der Waals surface area contributed by atoms with Gasteiger partial charge in [0.1, 0.15) is 18.4 Å². The number of cyclic esters (lactones) is 1. The van der Waals surface area contributed by atoms with E-state index in [1.165, 1.54) is 4.90 Å². The predicted molar refractivity (Wildman–Crippen MR) is 88.9 cm³/mol. The maximum atomic E-state index is 12.4. The van der Waals surface area contributed by atoms with E-state index in [1.54, 1.807) is 18.0 Å². The lowest BCUT2D eigenvalue weighted by atomic mass is 10.1. The SMILES string of the molecule is COc1ccccc1CN1C(=O)OC[C@H]1C(=O)NCCn1cccn1. The summed E-state index contributed by atoms with van der Waals surface area (Å²) in [5.74, 6) is 0.424. The predicted octanol–water partition coefficient (Wildman–Crippen LogP) is 1.03. The van der Waals surface area contributed by atoms with Gasteiger partial charge in [0.2, 0.25) is 5.91 Å². The molecule has 2 heterocycles. The van der Waals surface area contributed by atoms with E-state index in [1.807, 2.05) is 36.5 Å². The minimum atomic E-state index is -0.657. The van der Waals surface area contributed by atoms with Gasteiger partial charge in [-0.05, 0) is 12.1 Å². The molecule has 8 heteroatoms. The number of rotatable bonds is 7. The molecule has 1 aliphatic rings. The number of para-hydroxylation sites is 1. The highest BCUT2D eigenvalue weighted by Crippen LogP contribution is 2.23. The Morgan fingerprint density at radius 1 is 1.40 bits per heavy atom. The van der Waals surface area contributed by atoms with Crippen LogP contribution in [0.1, 0.15) is 5.56 Å². The van der Waals surface area contributed by atoms with Crippen LogP contribution in [-0.4, -0.2) is 53.0 Å². The first-order valence-corrected chi connectivity index (χ1v) is 7.99. The first-order valence-electron chi connectivity index (χ1n) is 7.99. The van der Waals surface area contributed by atoms with Gasteiger partial charge in [-0.3, -0.25) is 14.4 Å². The van der Waals surface area contributed by atoms with Gasteiger partial charge in [0.15, 0.2) is 0 Å². The van der Waals surface area contributed by atoms with Gasteiger partial charge in [-0.2, -0.15) is 5.10 Å². The van der Waals surface area contributed by atoms with Crippen LogP contribution in [0.25, 0.3) is 0 Å². The van der Waals surface area contributed by atoms with Crippen LogP contribution >= 0.6 is 0 Å². The Kier molecular flexibility index (Phi) is 5.17. The first-order chi connectivity index (χ1) is 12.2. The Balaban J connectivity index is 1.61. The molecule has 0 aliphatic carbocycles. The summed E-state index contributed by atoms with van der Waals surface area (Å²) in [6, 6.07) is 8.55. The molecule has 3 rings (SSSR count). The number of benzene rings is 1. The highest BCUT2D eigenvalue weighted by Gasteiger charge is 2.38. The molecule has 0 saturated carbocycles. The van der Waals surface area contributed by atoms with Gasteiger partial charge in [0, 0.05) is 24.5 Å². The standard InChI is InChI=1S/C17H20N4O4/c1-24-15-6-3-2-5-13(15)11-21-14(12-25-17(21)23)16(22)18-8-10-20-9-4-7-19-20/h2-7,9,14H,8,10-12H2,1H3,(H,18,22)/t14-/m0/s1. The molecule has 1 atom stereocenters. The minimum Gasteiger partial charge on any atom is -0.496 e. The van der Waals surface area contributed by atoms with Gasteiger partial charge < -0.3 is 14.8 Å². The zero-order valence-corrected chi connectivity index (χ0v) is 13.9. The van der Waals surface area contributed by atoms with Crippen molar-refractivity contribution >= 4 is 12.0 Å². The quantitative estimate of drug-likeness (QED) is 0.811. The van der Waals surface area contributed by atoms with Crippen LogP contribution in [0.15, 0.2) is 42.7 Å². The summed E-state index contributed by atoms with van der Waals surface area (Å²) in [5.41, 5.74) is 0.818. The second-order valence-electron chi connectivity index (χ2n) is 5.59. The van der Waals surface area contributed by atoms with Crippen LogP contribution < -0.4 is 10.1 Å². The third-order valence-corrected chi connectivity index (χ3v) is 4.01. The average molecular weight is 344 g/mol. The third kappa shape index (κ3) is 3.90. The van der Waals surface area contributed by atoms with Gasteiger partial charge in [-0.25, -0.2) is 4.79 Å². The second kappa shape index (κ2) is 7.69. The number of carbonyl (C=O) groups excluding carboxylic acids is 2. The van der Waals surface area contributed by atoms with Gasteiger partial charge in [0.05, 0.1) is 20.2 Å². The molecule has 0 unspecified atom stereocenters. The molecule has 0 bridgehead atoms. The molecular formula is C17H20N4O4. The Hall–Kier alpha value is -3.03. The number of methoxy groups -OCH3 is 1. The zero-order chi connectivity index (χ0) is 17.6. The number of aromatic nitrogens is 2. The fourth-order valence-electron chi connectivity index (χ4n) is 2.70. The molecule has 0 radical (unpaired) electrons. The summed E-state index contributed by atoms with van der Waals surface area (Å²) < 4.78 is 12.1. The lowest BCUT2D eigenvalue weighted by Gasteiger charge is -2.21. The second-order valence-corrected chi connectivity index (χ2v) is 5.59. The van der Waals surface area contributed by atoms with E-state index < -0.39 is 12.1 Å². The topological polar surface area (TPSA) is 85.7 Å². The van der Waals surface area contributed by atoms with Crippen LogP contribution in [0.5, 0.6) is 5.75 Å². The molecule has 1 saturated heterocycles. The third-order valence-electron chi connectivity index (χ3n) is 4.01. The first kappa shape index (κ1) is 16.8. The van der Waals surface area contributed by atoms with Crippen molar-refractivity contribution in [3.63, 3.8) is 0 Å². The van der Waals surface area contributed by atoms with E-state index >= 15 is 0 Å². The van der Waals surface area contributed by atoms with E-state index in [0.29, 0.717) is 18.8 Å². The summed E-state index contributed by atoms with van der Waals surface area (Å²) in [4.78, 5) is 25.9. The van der Waals surface area contributed by atoms with E-state index in [-0.39, 0.29) is 19.1 Å². The van der Waals surface area contributed by atoms with Crippen LogP contribution in [0.2, 0.25) is 0 Å². The van der Waals surface area contributed by atoms with Gasteiger partial charge >= 0.3 is 6.09 Å². The molecule has 25 heavy (non-hydrogen) atoms. The number of nitrogens with one attached hydrogen (secondary N) is 1. The fraction of sp³-hybridized carbons (Fsp3) is 0.353. The van der Waals surface area contributed by atoms with Crippen LogP contribution in [0.4, 0.5) is 4.79 Å². The van der Waals surface area contributed by atoms with Crippen LogP contribution in [-0.2, 0) is 22.6 Å². The number of amides is 2. The van der Waals surface area contributed by atoms with E-state index in [0.717, 1.165) is 5.56 Å². The number of hydrogen-bond acceptors (Lipinski definition) is 5. The van der Waals surface area contributed by atoms with E-state index in [9.17, 15) is 9.59 Å². The molecule has 1 aromatic heterocycles. The van der Waals surface area contributed by atoms with Gasteiger partial charge in [-0.1, -0.05) is 18.2 Å². The van der Waals surface area contributed by atoms with Crippen molar-refractivity contribution in [2.75, 3.05) is 20.3 Å². The Labute approximate surface area is 145 Å². The number of hydrogen-bond donors (Lipinski definition) is 1. The molecule has 1 aliphatic heterocycles. The highest BCUT2D eigenvalue weighted by molar-refractivity contribution is 5.87. The summed E-state index contributed by atoms with van der Waals surface area (Å²) in [6.45, 7) is 1.28. The van der Waals surface area contributed by atoms with E-state index in [2.05, 4.69) is 10.4 Å². The number of ether oxygens (including phenoxy) is 2. The molecular weight excluding hydrogens is 324 g/mol. The summed E-state index contributed by atoms with van der Waals surface area (Å²) in [7, 11) is 1.57. The monoisotopic (exact) mass is 344 g/mol. The Morgan fingerprint density at radius 2 is 2.24 bits per heavy atom. The highest BCUT2D eigenvalue weighted by atomic mass is 16.6. The maximum absolute atomic E-state index is 12.4. The van der Waals surface area contributed by atoms with Gasteiger partial charge in [-0.15, -0.1) is 0 Å². The summed E-state index contributed by atoms with van der Waals surface area (Å²) in [5, 5.41) is 6.90. The van der Waals surface area contributed by atoms with Crippen LogP contribution in [0.3, 0.4) is 0 Å². The molecule has 132 valence electrons. The minimum absolute atomic E-state index is 0.0432. The van der Waals surface area contributed by atoms with Crippen molar-refractivity contribution in [2.24, 2.45) is 0 Å². The molecule has 2 amide bonds. The average Bonchev–Trinajstić information content (AvgIpc) is 3.26. The van der Waals surface area contributed by atoms with Crippen LogP contribution in [0, 0.1) is 0 Å². The normalized spacial score (nSPS) is 16.6. The number of carbonyl (C=O) groups is 2. The molecule has 0 spiro atoms. The molecule has 8 nitrogen and oxygen atoms in total. The van der Waals surface area contributed by atoms with Crippen molar-refractivity contribution in [3.05, 3.63) is 48.3 Å². The lowest BCUT2D eigenvalue weighted by molar-refractivity contribution is -0.125. The maximum Gasteiger partial charge on any atom is 0.410 e. The molecule has 1 fully saturated rings. The Morgan fingerprint density at radius 3 is 3.00 bits per heavy atom. The fourth-order valence-corrected chi connectivity index (χ4v) is 2.70. The van der Waals surface area contributed by atoms with Crippen molar-refractivity contribution in [2.45, 2.75) is 19.1 Å². The number of nitrogens with zero attached hydrogens (tertiary/aromatic N) is 3.